The predicted octanol–water partition coefficient (Wildman–Crippen LogP) is 4.45. The fourth-order valence-corrected chi connectivity index (χ4v) is 2.47. The normalized spacial score (nSPS) is 10.2. The van der Waals surface area contributed by atoms with Crippen molar-refractivity contribution in [3.8, 4) is 11.5 Å². The molecule has 2 rings (SSSR count). The Morgan fingerprint density at radius 3 is 2.39 bits per heavy atom. The molecule has 28 heavy (non-hydrogen) atoms. The molecule has 0 spiro atoms. The summed E-state index contributed by atoms with van der Waals surface area (Å²) in [5, 5.41) is 2.84. The lowest BCUT2D eigenvalue weighted by Crippen LogP contribution is -2.16. The number of benzene rings is 2. The van der Waals surface area contributed by atoms with Crippen molar-refractivity contribution in [1.29, 1.82) is 0 Å². The third-order valence-corrected chi connectivity index (χ3v) is 3.92. The van der Waals surface area contributed by atoms with Crippen LogP contribution in [0.25, 0.3) is 0 Å². The average molecular weight is 385 g/mol. The first-order chi connectivity index (χ1) is 13.6. The molecule has 0 heterocycles. The van der Waals surface area contributed by atoms with Crippen molar-refractivity contribution >= 4 is 17.6 Å². The SMILES string of the molecule is CCCCCOC(=O)COc1ccc(C(=O)Nc2ccccc2OCC)cc1. The highest BCUT2D eigenvalue weighted by Gasteiger charge is 2.10. The second kappa shape index (κ2) is 11.6. The van der Waals surface area contributed by atoms with Gasteiger partial charge in [0.1, 0.15) is 11.5 Å². The Hall–Kier alpha value is -3.02. The summed E-state index contributed by atoms with van der Waals surface area (Å²) in [6.07, 6.45) is 2.97. The molecule has 0 aliphatic heterocycles. The molecular weight excluding hydrogens is 358 g/mol. The van der Waals surface area contributed by atoms with Gasteiger partial charge in [-0.1, -0.05) is 31.9 Å². The van der Waals surface area contributed by atoms with Crippen molar-refractivity contribution < 1.29 is 23.8 Å². The Kier molecular flexibility index (Phi) is 8.85. The second-order valence-corrected chi connectivity index (χ2v) is 6.12. The van der Waals surface area contributed by atoms with E-state index in [0.29, 0.717) is 36.0 Å². The van der Waals surface area contributed by atoms with Crippen molar-refractivity contribution in [2.24, 2.45) is 0 Å². The van der Waals surface area contributed by atoms with E-state index in [9.17, 15) is 9.59 Å². The van der Waals surface area contributed by atoms with Crippen LogP contribution in [-0.2, 0) is 9.53 Å². The molecule has 0 saturated carbocycles. The number of ether oxygens (including phenoxy) is 3. The molecule has 0 aliphatic carbocycles. The standard InChI is InChI=1S/C22H27NO5/c1-3-5-8-15-27-21(24)16-28-18-13-11-17(12-14-18)22(25)23-19-9-6-7-10-20(19)26-4-2/h6-7,9-14H,3-5,8,15-16H2,1-2H3,(H,23,25). The van der Waals surface area contributed by atoms with Gasteiger partial charge in [0.05, 0.1) is 18.9 Å². The summed E-state index contributed by atoms with van der Waals surface area (Å²) in [4.78, 5) is 24.1. The first kappa shape index (κ1) is 21.3. The summed E-state index contributed by atoms with van der Waals surface area (Å²) < 4.78 is 16.0. The molecule has 1 N–H and O–H groups in total. The summed E-state index contributed by atoms with van der Waals surface area (Å²) in [5.74, 6) is 0.465. The number of anilines is 1. The molecule has 0 unspecified atom stereocenters. The van der Waals surface area contributed by atoms with Gasteiger partial charge in [-0.15, -0.1) is 0 Å². The Labute approximate surface area is 165 Å². The fraction of sp³-hybridized carbons (Fsp3) is 0.364. The molecule has 150 valence electrons. The third-order valence-electron chi connectivity index (χ3n) is 3.92. The zero-order valence-electron chi connectivity index (χ0n) is 16.4. The summed E-state index contributed by atoms with van der Waals surface area (Å²) in [6.45, 7) is 4.75. The minimum absolute atomic E-state index is 0.153. The molecule has 0 bridgehead atoms. The van der Waals surface area contributed by atoms with E-state index in [2.05, 4.69) is 12.2 Å². The largest absolute Gasteiger partial charge is 0.492 e. The van der Waals surface area contributed by atoms with Gasteiger partial charge in [-0.3, -0.25) is 4.79 Å². The topological polar surface area (TPSA) is 73.9 Å². The number of para-hydroxylation sites is 2. The lowest BCUT2D eigenvalue weighted by atomic mass is 10.2. The Bertz CT molecular complexity index is 758. The van der Waals surface area contributed by atoms with Crippen LogP contribution < -0.4 is 14.8 Å². The van der Waals surface area contributed by atoms with Crippen molar-refractivity contribution in [2.75, 3.05) is 25.1 Å². The van der Waals surface area contributed by atoms with E-state index < -0.39 is 5.97 Å². The van der Waals surface area contributed by atoms with Crippen LogP contribution in [0.5, 0.6) is 11.5 Å². The van der Waals surface area contributed by atoms with Crippen molar-refractivity contribution in [1.82, 2.24) is 0 Å². The summed E-state index contributed by atoms with van der Waals surface area (Å²) in [5.41, 5.74) is 1.08. The molecule has 2 aromatic rings. The molecule has 2 aromatic carbocycles. The van der Waals surface area contributed by atoms with Gasteiger partial charge in [0.15, 0.2) is 6.61 Å². The zero-order chi connectivity index (χ0) is 20.2. The van der Waals surface area contributed by atoms with E-state index in [1.54, 1.807) is 36.4 Å². The van der Waals surface area contributed by atoms with Gasteiger partial charge < -0.3 is 19.5 Å². The first-order valence-electron chi connectivity index (χ1n) is 9.55. The first-order valence-corrected chi connectivity index (χ1v) is 9.55. The monoisotopic (exact) mass is 385 g/mol. The maximum Gasteiger partial charge on any atom is 0.344 e. The smallest absolute Gasteiger partial charge is 0.344 e. The molecule has 0 aliphatic rings. The summed E-state index contributed by atoms with van der Waals surface area (Å²) in [6, 6.07) is 13.8. The van der Waals surface area contributed by atoms with Gasteiger partial charge >= 0.3 is 5.97 Å². The Balaban J connectivity index is 1.85. The minimum atomic E-state index is -0.398. The summed E-state index contributed by atoms with van der Waals surface area (Å²) >= 11 is 0. The lowest BCUT2D eigenvalue weighted by Gasteiger charge is -2.11. The number of amides is 1. The van der Waals surface area contributed by atoms with Gasteiger partial charge in [-0.25, -0.2) is 4.79 Å². The molecule has 0 aromatic heterocycles. The number of carbonyl (C=O) groups is 2. The van der Waals surface area contributed by atoms with Gasteiger partial charge in [0.25, 0.3) is 5.91 Å². The zero-order valence-corrected chi connectivity index (χ0v) is 16.4. The van der Waals surface area contributed by atoms with Crippen LogP contribution in [0.3, 0.4) is 0 Å². The molecule has 0 saturated heterocycles. The number of carbonyl (C=O) groups excluding carboxylic acids is 2. The quantitative estimate of drug-likeness (QED) is 0.457. The van der Waals surface area contributed by atoms with Crippen LogP contribution in [0.4, 0.5) is 5.69 Å². The van der Waals surface area contributed by atoms with Gasteiger partial charge in [0.2, 0.25) is 0 Å². The van der Waals surface area contributed by atoms with E-state index >= 15 is 0 Å². The molecule has 6 heteroatoms. The van der Waals surface area contributed by atoms with E-state index in [4.69, 9.17) is 14.2 Å². The molecule has 0 radical (unpaired) electrons. The highest BCUT2D eigenvalue weighted by Crippen LogP contribution is 2.24. The van der Waals surface area contributed by atoms with Gasteiger partial charge in [0, 0.05) is 5.56 Å². The van der Waals surface area contributed by atoms with Crippen LogP contribution in [0, 0.1) is 0 Å². The maximum absolute atomic E-state index is 12.4. The number of esters is 1. The minimum Gasteiger partial charge on any atom is -0.492 e. The number of hydrogen-bond donors (Lipinski definition) is 1. The molecular formula is C22H27NO5. The molecule has 0 fully saturated rings. The lowest BCUT2D eigenvalue weighted by molar-refractivity contribution is -0.146. The van der Waals surface area contributed by atoms with Crippen molar-refractivity contribution in [3.63, 3.8) is 0 Å². The molecule has 6 nitrogen and oxygen atoms in total. The average Bonchev–Trinajstić information content (AvgIpc) is 2.71. The van der Waals surface area contributed by atoms with E-state index in [1.807, 2.05) is 19.1 Å². The van der Waals surface area contributed by atoms with Crippen LogP contribution in [-0.4, -0.2) is 31.7 Å². The van der Waals surface area contributed by atoms with Crippen LogP contribution >= 0.6 is 0 Å². The van der Waals surface area contributed by atoms with Crippen molar-refractivity contribution in [3.05, 3.63) is 54.1 Å². The molecule has 0 atom stereocenters. The van der Waals surface area contributed by atoms with Gasteiger partial charge in [-0.05, 0) is 49.7 Å². The Morgan fingerprint density at radius 2 is 1.68 bits per heavy atom. The van der Waals surface area contributed by atoms with Crippen LogP contribution in [0.1, 0.15) is 43.5 Å². The number of unbranched alkanes of at least 4 members (excludes halogenated alkanes) is 2. The van der Waals surface area contributed by atoms with Crippen LogP contribution in [0.2, 0.25) is 0 Å². The predicted molar refractivity (Wildman–Crippen MR) is 108 cm³/mol. The van der Waals surface area contributed by atoms with Gasteiger partial charge in [-0.2, -0.15) is 0 Å². The number of nitrogens with one attached hydrogen (secondary N) is 1. The number of hydrogen-bond acceptors (Lipinski definition) is 5. The molecule has 1 amide bonds. The van der Waals surface area contributed by atoms with Crippen LogP contribution in [0.15, 0.2) is 48.5 Å². The second-order valence-electron chi connectivity index (χ2n) is 6.12. The maximum atomic E-state index is 12.4. The highest BCUT2D eigenvalue weighted by molar-refractivity contribution is 6.05. The highest BCUT2D eigenvalue weighted by atomic mass is 16.6. The van der Waals surface area contributed by atoms with E-state index in [-0.39, 0.29) is 12.5 Å². The Morgan fingerprint density at radius 1 is 0.929 bits per heavy atom. The number of rotatable bonds is 11. The van der Waals surface area contributed by atoms with Crippen molar-refractivity contribution in [2.45, 2.75) is 33.1 Å². The summed E-state index contributed by atoms with van der Waals surface area (Å²) in [7, 11) is 0. The van der Waals surface area contributed by atoms with E-state index in [0.717, 1.165) is 19.3 Å². The fourth-order valence-electron chi connectivity index (χ4n) is 2.47. The third kappa shape index (κ3) is 6.95. The van der Waals surface area contributed by atoms with E-state index in [1.165, 1.54) is 0 Å².